The first kappa shape index (κ1) is 26.1. The summed E-state index contributed by atoms with van der Waals surface area (Å²) in [5, 5.41) is 15.9. The topological polar surface area (TPSA) is 114 Å². The Morgan fingerprint density at radius 1 is 1.06 bits per heavy atom. The molecule has 0 radical (unpaired) electrons. The van der Waals surface area contributed by atoms with Gasteiger partial charge in [-0.25, -0.2) is 4.79 Å². The van der Waals surface area contributed by atoms with Crippen molar-refractivity contribution in [3.63, 3.8) is 0 Å². The van der Waals surface area contributed by atoms with Crippen LogP contribution >= 0.6 is 22.6 Å². The summed E-state index contributed by atoms with van der Waals surface area (Å²) in [6.07, 6.45) is 3.12. The summed E-state index contributed by atoms with van der Waals surface area (Å²) in [6, 6.07) is 21.2. The maximum Gasteiger partial charge on any atom is 0.412 e. The van der Waals surface area contributed by atoms with Gasteiger partial charge in [-0.3, -0.25) is 10.1 Å². The largest absolute Gasteiger partial charge is 0.508 e. The van der Waals surface area contributed by atoms with Gasteiger partial charge in [-0.15, -0.1) is 0 Å². The van der Waals surface area contributed by atoms with Gasteiger partial charge in [0, 0.05) is 14.8 Å². The van der Waals surface area contributed by atoms with Crippen LogP contribution in [0.5, 0.6) is 5.75 Å². The van der Waals surface area contributed by atoms with Gasteiger partial charge in [-0.05, 0) is 89.9 Å². The Morgan fingerprint density at radius 2 is 1.77 bits per heavy atom. The second-order valence-corrected chi connectivity index (χ2v) is 9.30. The highest BCUT2D eigenvalue weighted by molar-refractivity contribution is 14.1. The molecule has 0 saturated heterocycles. The number of carbonyl (C=O) groups is 2. The van der Waals surface area contributed by atoms with E-state index in [2.05, 4.69) is 33.2 Å². The van der Waals surface area contributed by atoms with Crippen molar-refractivity contribution >= 4 is 51.7 Å². The number of benzene rings is 3. The third kappa shape index (κ3) is 8.03. The number of hydrogen-bond acceptors (Lipinski definition) is 5. The highest BCUT2D eigenvalue weighted by Gasteiger charge is 2.26. The van der Waals surface area contributed by atoms with E-state index in [1.54, 1.807) is 60.7 Å². The quantitative estimate of drug-likeness (QED) is 0.130. The van der Waals surface area contributed by atoms with E-state index in [0.29, 0.717) is 35.5 Å². The second-order valence-electron chi connectivity index (χ2n) is 8.05. The fourth-order valence-corrected chi connectivity index (χ4v) is 4.02. The average Bonchev–Trinajstić information content (AvgIpc) is 2.84. The van der Waals surface area contributed by atoms with Gasteiger partial charge in [0.2, 0.25) is 5.91 Å². The zero-order chi connectivity index (χ0) is 25.2. The van der Waals surface area contributed by atoms with E-state index in [-0.39, 0.29) is 17.6 Å². The SMILES string of the molecule is C[C@H](CC/C=C/C(=O)Nc1ccccc1N)[C@H](OC(=O)Nc1ccccc1)c1cc(I)ccc1O. The van der Waals surface area contributed by atoms with Crippen molar-refractivity contribution < 1.29 is 19.4 Å². The zero-order valence-electron chi connectivity index (χ0n) is 19.3. The summed E-state index contributed by atoms with van der Waals surface area (Å²) in [5.74, 6) is -0.357. The molecule has 182 valence electrons. The lowest BCUT2D eigenvalue weighted by Crippen LogP contribution is -2.22. The van der Waals surface area contributed by atoms with E-state index in [9.17, 15) is 14.7 Å². The number of aromatic hydroxyl groups is 1. The smallest absolute Gasteiger partial charge is 0.412 e. The van der Waals surface area contributed by atoms with Gasteiger partial charge < -0.3 is 20.9 Å². The Hall–Kier alpha value is -3.53. The van der Waals surface area contributed by atoms with Crippen LogP contribution in [0.2, 0.25) is 0 Å². The number of halogens is 1. The Balaban J connectivity index is 1.64. The average molecular weight is 585 g/mol. The van der Waals surface area contributed by atoms with E-state index >= 15 is 0 Å². The van der Waals surface area contributed by atoms with Gasteiger partial charge in [-0.1, -0.05) is 43.3 Å². The van der Waals surface area contributed by atoms with Crippen molar-refractivity contribution in [1.29, 1.82) is 0 Å². The molecule has 3 rings (SSSR count). The standard InChI is InChI=1S/C27H28IN3O4/c1-18(9-5-8-14-25(33)31-23-13-7-6-12-22(23)29)26(21-17-19(28)15-16-24(21)32)35-27(34)30-20-10-3-2-4-11-20/h2-4,6-8,10-18,26,32H,5,9,29H2,1H3,(H,30,34)(H,31,33)/b14-8+/t18-,26+/m1/s1. The molecule has 2 amide bonds. The Kier molecular flexibility index (Phi) is 9.54. The summed E-state index contributed by atoms with van der Waals surface area (Å²) in [6.45, 7) is 1.94. The van der Waals surface area contributed by atoms with Crippen molar-refractivity contribution in [2.24, 2.45) is 5.92 Å². The fraction of sp³-hybridized carbons (Fsp3) is 0.185. The van der Waals surface area contributed by atoms with Crippen LogP contribution in [0, 0.1) is 9.49 Å². The third-order valence-electron chi connectivity index (χ3n) is 5.34. The van der Waals surface area contributed by atoms with E-state index < -0.39 is 12.2 Å². The van der Waals surface area contributed by atoms with Crippen molar-refractivity contribution in [2.45, 2.75) is 25.9 Å². The van der Waals surface area contributed by atoms with Gasteiger partial charge in [0.25, 0.3) is 0 Å². The normalized spacial score (nSPS) is 12.6. The molecule has 0 aliphatic carbocycles. The number of rotatable bonds is 9. The van der Waals surface area contributed by atoms with E-state index in [0.717, 1.165) is 3.57 Å². The molecule has 0 aliphatic heterocycles. The van der Waals surface area contributed by atoms with Crippen LogP contribution in [-0.4, -0.2) is 17.1 Å². The fourth-order valence-electron chi connectivity index (χ4n) is 3.51. The molecule has 0 heterocycles. The second kappa shape index (κ2) is 12.8. The minimum absolute atomic E-state index is 0.0603. The number of nitrogen functional groups attached to an aromatic ring is 1. The number of anilines is 3. The molecule has 0 bridgehead atoms. The zero-order valence-corrected chi connectivity index (χ0v) is 21.4. The number of hydrogen-bond donors (Lipinski definition) is 4. The lowest BCUT2D eigenvalue weighted by atomic mass is 9.92. The predicted molar refractivity (Wildman–Crippen MR) is 147 cm³/mol. The number of amides is 2. The Morgan fingerprint density at radius 3 is 2.51 bits per heavy atom. The summed E-state index contributed by atoms with van der Waals surface area (Å²) in [7, 11) is 0. The van der Waals surface area contributed by atoms with Gasteiger partial charge >= 0.3 is 6.09 Å². The van der Waals surface area contributed by atoms with Crippen LogP contribution in [0.25, 0.3) is 0 Å². The highest BCUT2D eigenvalue weighted by atomic mass is 127. The summed E-state index contributed by atoms with van der Waals surface area (Å²) >= 11 is 2.15. The van der Waals surface area contributed by atoms with E-state index in [1.807, 2.05) is 25.1 Å². The number of allylic oxidation sites excluding steroid dienone is 1. The molecule has 3 aromatic carbocycles. The molecule has 5 N–H and O–H groups in total. The molecule has 0 fully saturated rings. The lowest BCUT2D eigenvalue weighted by molar-refractivity contribution is -0.111. The van der Waals surface area contributed by atoms with Crippen molar-refractivity contribution in [3.05, 3.63) is 94.1 Å². The summed E-state index contributed by atoms with van der Waals surface area (Å²) < 4.78 is 6.69. The monoisotopic (exact) mass is 585 g/mol. The molecule has 3 aromatic rings. The Labute approximate surface area is 218 Å². The van der Waals surface area contributed by atoms with E-state index in [1.165, 1.54) is 6.08 Å². The number of nitrogens with one attached hydrogen (secondary N) is 2. The molecule has 0 unspecified atom stereocenters. The first-order chi connectivity index (χ1) is 16.8. The lowest BCUT2D eigenvalue weighted by Gasteiger charge is -2.25. The van der Waals surface area contributed by atoms with Crippen molar-refractivity contribution in [2.75, 3.05) is 16.4 Å². The number of ether oxygens (including phenoxy) is 1. The molecule has 7 nitrogen and oxygen atoms in total. The Bertz CT molecular complexity index is 1180. The maximum absolute atomic E-state index is 12.6. The highest BCUT2D eigenvalue weighted by Crippen LogP contribution is 2.36. The van der Waals surface area contributed by atoms with Crippen LogP contribution in [0.4, 0.5) is 21.9 Å². The molecule has 0 spiro atoms. The number of carbonyl (C=O) groups excluding carboxylic acids is 2. The van der Waals surface area contributed by atoms with Gasteiger partial charge in [0.1, 0.15) is 11.9 Å². The van der Waals surface area contributed by atoms with Crippen LogP contribution in [0.15, 0.2) is 84.9 Å². The van der Waals surface area contributed by atoms with Crippen molar-refractivity contribution in [1.82, 2.24) is 0 Å². The third-order valence-corrected chi connectivity index (χ3v) is 6.01. The molecule has 0 aromatic heterocycles. The van der Waals surface area contributed by atoms with Gasteiger partial charge in [-0.2, -0.15) is 0 Å². The molecule has 0 saturated carbocycles. The number of phenolic OH excluding ortho intramolecular Hbond substituents is 1. The molecule has 0 aliphatic rings. The number of phenols is 1. The molecule has 35 heavy (non-hydrogen) atoms. The van der Waals surface area contributed by atoms with Gasteiger partial charge in [0.05, 0.1) is 11.4 Å². The number of para-hydroxylation sites is 3. The molecular weight excluding hydrogens is 557 g/mol. The van der Waals surface area contributed by atoms with Crippen LogP contribution in [-0.2, 0) is 9.53 Å². The van der Waals surface area contributed by atoms with Crippen LogP contribution < -0.4 is 16.4 Å². The molecule has 8 heteroatoms. The predicted octanol–water partition coefficient (Wildman–Crippen LogP) is 6.48. The summed E-state index contributed by atoms with van der Waals surface area (Å²) in [4.78, 5) is 24.8. The van der Waals surface area contributed by atoms with Crippen molar-refractivity contribution in [3.8, 4) is 5.75 Å². The van der Waals surface area contributed by atoms with Gasteiger partial charge in [0.15, 0.2) is 0 Å². The number of nitrogens with two attached hydrogens (primary N) is 1. The minimum Gasteiger partial charge on any atom is -0.508 e. The maximum atomic E-state index is 12.6. The molecule has 2 atom stereocenters. The first-order valence-corrected chi connectivity index (χ1v) is 12.2. The van der Waals surface area contributed by atoms with E-state index in [4.69, 9.17) is 10.5 Å². The van der Waals surface area contributed by atoms with Crippen LogP contribution in [0.1, 0.15) is 31.4 Å². The molecular formula is C27H28IN3O4. The van der Waals surface area contributed by atoms with Crippen LogP contribution in [0.3, 0.4) is 0 Å². The summed E-state index contributed by atoms with van der Waals surface area (Å²) in [5.41, 5.74) is 8.06. The first-order valence-electron chi connectivity index (χ1n) is 11.2. The minimum atomic E-state index is -0.681.